The Morgan fingerprint density at radius 1 is 1.38 bits per heavy atom. The third-order valence-electron chi connectivity index (χ3n) is 3.14. The first-order valence-electron chi connectivity index (χ1n) is 5.61. The summed E-state index contributed by atoms with van der Waals surface area (Å²) < 4.78 is 0. The van der Waals surface area contributed by atoms with Gasteiger partial charge in [-0.3, -0.25) is 4.79 Å². The summed E-state index contributed by atoms with van der Waals surface area (Å²) in [6.07, 6.45) is 3.51. The number of carboxylic acid groups (broad SMARTS) is 1. The van der Waals surface area contributed by atoms with Crippen LogP contribution in [0.1, 0.15) is 24.8 Å². The number of carboxylic acids is 1. The highest BCUT2D eigenvalue weighted by molar-refractivity contribution is 6.30. The van der Waals surface area contributed by atoms with Crippen LogP contribution in [0, 0.1) is 11.8 Å². The van der Waals surface area contributed by atoms with E-state index in [4.69, 9.17) is 16.7 Å². The monoisotopic (exact) mass is 238 g/mol. The highest BCUT2D eigenvalue weighted by Gasteiger charge is 2.32. The van der Waals surface area contributed by atoms with E-state index in [1.54, 1.807) is 0 Å². The summed E-state index contributed by atoms with van der Waals surface area (Å²) in [4.78, 5) is 10.8. The van der Waals surface area contributed by atoms with Gasteiger partial charge >= 0.3 is 5.97 Å². The van der Waals surface area contributed by atoms with Gasteiger partial charge in [0.25, 0.3) is 0 Å². The van der Waals surface area contributed by atoms with Crippen LogP contribution >= 0.6 is 11.6 Å². The first kappa shape index (κ1) is 11.5. The SMILES string of the molecule is O=C(O)CC(Cc1ccc(Cl)cc1)C1CC1. The fourth-order valence-corrected chi connectivity index (χ4v) is 2.25. The molecule has 1 fully saturated rings. The van der Waals surface area contributed by atoms with E-state index >= 15 is 0 Å². The summed E-state index contributed by atoms with van der Waals surface area (Å²) in [7, 11) is 0. The Bertz CT molecular complexity index is 368. The zero-order chi connectivity index (χ0) is 11.5. The molecule has 1 unspecified atom stereocenters. The maximum absolute atomic E-state index is 10.8. The van der Waals surface area contributed by atoms with Crippen molar-refractivity contribution in [3.8, 4) is 0 Å². The Balaban J connectivity index is 1.99. The fraction of sp³-hybridized carbons (Fsp3) is 0.462. The van der Waals surface area contributed by atoms with Crippen LogP contribution in [0.15, 0.2) is 24.3 Å². The van der Waals surface area contributed by atoms with E-state index in [-0.39, 0.29) is 6.42 Å². The molecule has 3 heteroatoms. The van der Waals surface area contributed by atoms with Gasteiger partial charge in [-0.2, -0.15) is 0 Å². The van der Waals surface area contributed by atoms with Crippen molar-refractivity contribution in [3.05, 3.63) is 34.9 Å². The van der Waals surface area contributed by atoms with Gasteiger partial charge in [0.1, 0.15) is 0 Å². The smallest absolute Gasteiger partial charge is 0.303 e. The van der Waals surface area contributed by atoms with Crippen LogP contribution in [0.3, 0.4) is 0 Å². The van der Waals surface area contributed by atoms with E-state index in [1.165, 1.54) is 18.4 Å². The Morgan fingerprint density at radius 2 is 2.00 bits per heavy atom. The highest BCUT2D eigenvalue weighted by Crippen LogP contribution is 2.40. The lowest BCUT2D eigenvalue weighted by Gasteiger charge is -2.13. The maximum atomic E-state index is 10.8. The van der Waals surface area contributed by atoms with E-state index in [1.807, 2.05) is 24.3 Å². The number of benzene rings is 1. The number of hydrogen-bond acceptors (Lipinski definition) is 1. The highest BCUT2D eigenvalue weighted by atomic mass is 35.5. The van der Waals surface area contributed by atoms with Crippen LogP contribution in [0.2, 0.25) is 5.02 Å². The molecule has 0 amide bonds. The van der Waals surface area contributed by atoms with Crippen molar-refractivity contribution in [1.82, 2.24) is 0 Å². The summed E-state index contributed by atoms with van der Waals surface area (Å²) >= 11 is 5.81. The Hall–Kier alpha value is -1.02. The van der Waals surface area contributed by atoms with Crippen molar-refractivity contribution < 1.29 is 9.90 Å². The normalized spacial score (nSPS) is 17.1. The van der Waals surface area contributed by atoms with Gasteiger partial charge < -0.3 is 5.11 Å². The molecule has 0 saturated heterocycles. The lowest BCUT2D eigenvalue weighted by molar-refractivity contribution is -0.138. The first-order chi connectivity index (χ1) is 7.65. The lowest BCUT2D eigenvalue weighted by Crippen LogP contribution is -2.12. The molecule has 0 heterocycles. The maximum Gasteiger partial charge on any atom is 0.303 e. The topological polar surface area (TPSA) is 37.3 Å². The Kier molecular flexibility index (Phi) is 3.49. The van der Waals surface area contributed by atoms with E-state index in [0.29, 0.717) is 11.8 Å². The molecule has 2 rings (SSSR count). The van der Waals surface area contributed by atoms with Crippen molar-refractivity contribution in [3.63, 3.8) is 0 Å². The molecule has 2 nitrogen and oxygen atoms in total. The minimum absolute atomic E-state index is 0.285. The molecule has 1 aromatic carbocycles. The molecule has 1 saturated carbocycles. The molecule has 0 aromatic heterocycles. The van der Waals surface area contributed by atoms with Gasteiger partial charge in [0, 0.05) is 11.4 Å². The summed E-state index contributed by atoms with van der Waals surface area (Å²) in [5, 5.41) is 9.59. The molecular weight excluding hydrogens is 224 g/mol. The summed E-state index contributed by atoms with van der Waals surface area (Å²) in [6, 6.07) is 7.70. The van der Waals surface area contributed by atoms with Crippen molar-refractivity contribution in [1.29, 1.82) is 0 Å². The first-order valence-corrected chi connectivity index (χ1v) is 5.99. The number of carbonyl (C=O) groups is 1. The third kappa shape index (κ3) is 3.24. The van der Waals surface area contributed by atoms with E-state index in [2.05, 4.69) is 0 Å². The molecule has 1 atom stereocenters. The van der Waals surface area contributed by atoms with Gasteiger partial charge in [0.05, 0.1) is 0 Å². The molecule has 16 heavy (non-hydrogen) atoms. The minimum atomic E-state index is -0.689. The molecule has 0 radical (unpaired) electrons. The van der Waals surface area contributed by atoms with Gasteiger partial charge in [-0.05, 0) is 48.8 Å². The number of hydrogen-bond donors (Lipinski definition) is 1. The van der Waals surface area contributed by atoms with E-state index in [0.717, 1.165) is 11.4 Å². The molecule has 0 spiro atoms. The molecule has 86 valence electrons. The van der Waals surface area contributed by atoms with E-state index < -0.39 is 5.97 Å². The van der Waals surface area contributed by atoms with Crippen LogP contribution in [0.25, 0.3) is 0 Å². The Labute approximate surface area is 100 Å². The second-order valence-electron chi connectivity index (χ2n) is 4.53. The second-order valence-corrected chi connectivity index (χ2v) is 4.96. The molecule has 0 bridgehead atoms. The van der Waals surface area contributed by atoms with Crippen LogP contribution in [-0.4, -0.2) is 11.1 Å². The van der Waals surface area contributed by atoms with Crippen molar-refractivity contribution in [2.45, 2.75) is 25.7 Å². The molecule has 1 N–H and O–H groups in total. The largest absolute Gasteiger partial charge is 0.481 e. The molecule has 1 aliphatic carbocycles. The van der Waals surface area contributed by atoms with Gasteiger partial charge in [0.2, 0.25) is 0 Å². The average molecular weight is 239 g/mol. The summed E-state index contributed by atoms with van der Waals surface area (Å²) in [5.74, 6) is 0.219. The second kappa shape index (κ2) is 4.88. The van der Waals surface area contributed by atoms with Crippen molar-refractivity contribution in [2.75, 3.05) is 0 Å². The van der Waals surface area contributed by atoms with Crippen LogP contribution in [0.4, 0.5) is 0 Å². The van der Waals surface area contributed by atoms with Crippen molar-refractivity contribution in [2.24, 2.45) is 11.8 Å². The number of rotatable bonds is 5. The van der Waals surface area contributed by atoms with Gasteiger partial charge in [-0.1, -0.05) is 23.7 Å². The Morgan fingerprint density at radius 3 is 2.50 bits per heavy atom. The zero-order valence-electron chi connectivity index (χ0n) is 9.03. The van der Waals surface area contributed by atoms with Crippen LogP contribution in [-0.2, 0) is 11.2 Å². The molecule has 0 aliphatic heterocycles. The van der Waals surface area contributed by atoms with Gasteiger partial charge in [-0.25, -0.2) is 0 Å². The summed E-state index contributed by atoms with van der Waals surface area (Å²) in [6.45, 7) is 0. The predicted octanol–water partition coefficient (Wildman–Crippen LogP) is 3.38. The predicted molar refractivity (Wildman–Crippen MR) is 63.6 cm³/mol. The number of halogens is 1. The molecular formula is C13H15ClO2. The third-order valence-corrected chi connectivity index (χ3v) is 3.39. The molecule has 1 aliphatic rings. The van der Waals surface area contributed by atoms with E-state index in [9.17, 15) is 4.79 Å². The van der Waals surface area contributed by atoms with Crippen LogP contribution in [0.5, 0.6) is 0 Å². The lowest BCUT2D eigenvalue weighted by atomic mass is 9.92. The van der Waals surface area contributed by atoms with Gasteiger partial charge in [-0.15, -0.1) is 0 Å². The quantitative estimate of drug-likeness (QED) is 0.854. The molecule has 1 aromatic rings. The average Bonchev–Trinajstić information content (AvgIpc) is 3.03. The number of aliphatic carboxylic acids is 1. The standard InChI is InChI=1S/C13H15ClO2/c14-12-5-1-9(2-6-12)7-11(8-13(15)16)10-3-4-10/h1-2,5-6,10-11H,3-4,7-8H2,(H,15,16). The summed E-state index contributed by atoms with van der Waals surface area (Å²) in [5.41, 5.74) is 1.18. The van der Waals surface area contributed by atoms with Gasteiger partial charge in [0.15, 0.2) is 0 Å². The fourth-order valence-electron chi connectivity index (χ4n) is 2.12. The van der Waals surface area contributed by atoms with Crippen molar-refractivity contribution >= 4 is 17.6 Å². The minimum Gasteiger partial charge on any atom is -0.481 e. The van der Waals surface area contributed by atoms with Crippen LogP contribution < -0.4 is 0 Å². The zero-order valence-corrected chi connectivity index (χ0v) is 9.78.